The summed E-state index contributed by atoms with van der Waals surface area (Å²) < 4.78 is 0. The van der Waals surface area contributed by atoms with Crippen LogP contribution in [0.2, 0.25) is 0 Å². The lowest BCUT2D eigenvalue weighted by Crippen LogP contribution is -2.50. The number of piperazine rings is 1. The van der Waals surface area contributed by atoms with Crippen molar-refractivity contribution >= 4 is 11.7 Å². The number of Topliss-reactive ketones (excluding diaryl/α,β-unsaturated/α-hetero) is 1. The maximum absolute atomic E-state index is 11.7. The molecule has 1 aliphatic heterocycles. The molecule has 0 aliphatic carbocycles. The molecule has 0 aromatic carbocycles. The molecule has 0 N–H and O–H groups in total. The predicted octanol–water partition coefficient (Wildman–Crippen LogP) is 0.766. The van der Waals surface area contributed by atoms with Crippen molar-refractivity contribution in [1.82, 2.24) is 9.80 Å². The quantitative estimate of drug-likeness (QED) is 0.711. The summed E-state index contributed by atoms with van der Waals surface area (Å²) in [4.78, 5) is 26.8. The lowest BCUT2D eigenvalue weighted by molar-refractivity contribution is -0.136. The molecule has 0 aromatic heterocycles. The van der Waals surface area contributed by atoms with Gasteiger partial charge in [-0.3, -0.25) is 14.5 Å². The number of hydrogen-bond acceptors (Lipinski definition) is 3. The number of carbonyl (C=O) groups is 2. The van der Waals surface area contributed by atoms with Crippen molar-refractivity contribution in [3.8, 4) is 0 Å². The van der Waals surface area contributed by atoms with Gasteiger partial charge in [0.15, 0.2) is 0 Å². The molecule has 92 valence electrons. The first-order chi connectivity index (χ1) is 7.50. The van der Waals surface area contributed by atoms with Gasteiger partial charge in [0.25, 0.3) is 0 Å². The van der Waals surface area contributed by atoms with Crippen molar-refractivity contribution in [3.05, 3.63) is 0 Å². The van der Waals surface area contributed by atoms with Crippen LogP contribution in [0.1, 0.15) is 27.2 Å². The number of hydrogen-bond donors (Lipinski definition) is 0. The molecule has 4 nitrogen and oxygen atoms in total. The van der Waals surface area contributed by atoms with E-state index in [0.29, 0.717) is 6.42 Å². The van der Waals surface area contributed by atoms with Crippen molar-refractivity contribution < 1.29 is 9.59 Å². The minimum absolute atomic E-state index is 0.0868. The van der Waals surface area contributed by atoms with E-state index in [1.165, 1.54) is 0 Å². The first kappa shape index (κ1) is 13.2. The van der Waals surface area contributed by atoms with Gasteiger partial charge in [-0.2, -0.15) is 0 Å². The van der Waals surface area contributed by atoms with Crippen LogP contribution in [-0.2, 0) is 9.59 Å². The highest BCUT2D eigenvalue weighted by Gasteiger charge is 2.22. The molecule has 16 heavy (non-hydrogen) atoms. The van der Waals surface area contributed by atoms with Gasteiger partial charge in [-0.15, -0.1) is 0 Å². The van der Waals surface area contributed by atoms with E-state index in [9.17, 15) is 9.59 Å². The smallest absolute Gasteiger partial charge is 0.225 e. The first-order valence-electron chi connectivity index (χ1n) is 6.01. The fourth-order valence-electron chi connectivity index (χ4n) is 1.87. The summed E-state index contributed by atoms with van der Waals surface area (Å²) >= 11 is 0. The third-order valence-corrected chi connectivity index (χ3v) is 2.96. The van der Waals surface area contributed by atoms with Gasteiger partial charge >= 0.3 is 0 Å². The fourth-order valence-corrected chi connectivity index (χ4v) is 1.87. The summed E-state index contributed by atoms with van der Waals surface area (Å²) in [5.41, 5.74) is 0. The van der Waals surface area contributed by atoms with Crippen LogP contribution < -0.4 is 0 Å². The van der Waals surface area contributed by atoms with Crippen molar-refractivity contribution in [1.29, 1.82) is 0 Å². The van der Waals surface area contributed by atoms with E-state index < -0.39 is 0 Å². The Bertz CT molecular complexity index is 256. The molecule has 1 saturated heterocycles. The maximum atomic E-state index is 11.7. The third-order valence-electron chi connectivity index (χ3n) is 2.96. The zero-order valence-corrected chi connectivity index (χ0v) is 10.5. The van der Waals surface area contributed by atoms with E-state index in [2.05, 4.69) is 4.90 Å². The Morgan fingerprint density at radius 3 is 2.12 bits per heavy atom. The van der Waals surface area contributed by atoms with Crippen LogP contribution >= 0.6 is 0 Å². The average Bonchev–Trinajstić information content (AvgIpc) is 2.26. The standard InChI is InChI=1S/C12H22N2O2/c1-10(2)12(16)14-8-6-13(7-9-14)5-4-11(3)15/h10H,4-9H2,1-3H3. The zero-order valence-electron chi connectivity index (χ0n) is 10.5. The van der Waals surface area contributed by atoms with Crippen LogP contribution in [0.3, 0.4) is 0 Å². The summed E-state index contributed by atoms with van der Waals surface area (Å²) in [5.74, 6) is 0.565. The van der Waals surface area contributed by atoms with Gasteiger partial charge in [-0.25, -0.2) is 0 Å². The van der Waals surface area contributed by atoms with Crippen LogP contribution in [0.15, 0.2) is 0 Å². The van der Waals surface area contributed by atoms with Gasteiger partial charge in [0, 0.05) is 45.1 Å². The summed E-state index contributed by atoms with van der Waals surface area (Å²) in [5, 5.41) is 0. The normalized spacial score (nSPS) is 17.9. The Balaban J connectivity index is 2.28. The molecule has 0 saturated carbocycles. The molecular formula is C12H22N2O2. The summed E-state index contributed by atoms with van der Waals surface area (Å²) in [6.07, 6.45) is 0.623. The van der Waals surface area contributed by atoms with Crippen molar-refractivity contribution in [2.75, 3.05) is 32.7 Å². The molecule has 1 aliphatic rings. The molecule has 0 spiro atoms. The molecule has 4 heteroatoms. The molecule has 0 aromatic rings. The lowest BCUT2D eigenvalue weighted by atomic mass is 10.1. The zero-order chi connectivity index (χ0) is 12.1. The topological polar surface area (TPSA) is 40.6 Å². The average molecular weight is 226 g/mol. The van der Waals surface area contributed by atoms with Crippen LogP contribution in [-0.4, -0.2) is 54.2 Å². The van der Waals surface area contributed by atoms with Gasteiger partial charge in [0.05, 0.1) is 0 Å². The van der Waals surface area contributed by atoms with E-state index in [1.807, 2.05) is 18.7 Å². The van der Waals surface area contributed by atoms with Crippen LogP contribution in [0.5, 0.6) is 0 Å². The second kappa shape index (κ2) is 5.99. The molecule has 0 atom stereocenters. The number of amides is 1. The highest BCUT2D eigenvalue weighted by molar-refractivity contribution is 5.78. The molecule has 1 amide bonds. The SMILES string of the molecule is CC(=O)CCN1CCN(C(=O)C(C)C)CC1. The molecule has 1 heterocycles. The van der Waals surface area contributed by atoms with E-state index in [0.717, 1.165) is 32.7 Å². The van der Waals surface area contributed by atoms with Crippen LogP contribution in [0, 0.1) is 5.92 Å². The number of nitrogens with zero attached hydrogens (tertiary/aromatic N) is 2. The highest BCUT2D eigenvalue weighted by atomic mass is 16.2. The Morgan fingerprint density at radius 1 is 1.12 bits per heavy atom. The predicted molar refractivity (Wildman–Crippen MR) is 63.2 cm³/mol. The minimum Gasteiger partial charge on any atom is -0.340 e. The van der Waals surface area contributed by atoms with Crippen molar-refractivity contribution in [2.24, 2.45) is 5.92 Å². The molecule has 0 unspecified atom stereocenters. The van der Waals surface area contributed by atoms with Gasteiger partial charge < -0.3 is 4.90 Å². The Labute approximate surface area is 97.6 Å². The van der Waals surface area contributed by atoms with Crippen LogP contribution in [0.25, 0.3) is 0 Å². The largest absolute Gasteiger partial charge is 0.340 e. The Hall–Kier alpha value is -0.900. The first-order valence-corrected chi connectivity index (χ1v) is 6.01. The minimum atomic E-state index is 0.0868. The third kappa shape index (κ3) is 3.93. The highest BCUT2D eigenvalue weighted by Crippen LogP contribution is 2.07. The maximum Gasteiger partial charge on any atom is 0.225 e. The van der Waals surface area contributed by atoms with Crippen LogP contribution in [0.4, 0.5) is 0 Å². The second-order valence-corrected chi connectivity index (χ2v) is 4.77. The fraction of sp³-hybridized carbons (Fsp3) is 0.833. The van der Waals surface area contributed by atoms with Crippen molar-refractivity contribution in [3.63, 3.8) is 0 Å². The molecule has 0 bridgehead atoms. The summed E-state index contributed by atoms with van der Waals surface area (Å²) in [6.45, 7) is 9.72. The number of ketones is 1. The summed E-state index contributed by atoms with van der Waals surface area (Å²) in [6, 6.07) is 0. The molecule has 1 fully saturated rings. The summed E-state index contributed by atoms with van der Waals surface area (Å²) in [7, 11) is 0. The van der Waals surface area contributed by atoms with E-state index >= 15 is 0 Å². The Morgan fingerprint density at radius 2 is 1.69 bits per heavy atom. The van der Waals surface area contributed by atoms with E-state index in [1.54, 1.807) is 6.92 Å². The monoisotopic (exact) mass is 226 g/mol. The van der Waals surface area contributed by atoms with Gasteiger partial charge in [0.1, 0.15) is 5.78 Å². The Kier molecular flexibility index (Phi) is 4.93. The molecule has 1 rings (SSSR count). The molecular weight excluding hydrogens is 204 g/mol. The van der Waals surface area contributed by atoms with Gasteiger partial charge in [-0.05, 0) is 6.92 Å². The van der Waals surface area contributed by atoms with Crippen molar-refractivity contribution in [2.45, 2.75) is 27.2 Å². The van der Waals surface area contributed by atoms with Gasteiger partial charge in [0.2, 0.25) is 5.91 Å². The van der Waals surface area contributed by atoms with E-state index in [4.69, 9.17) is 0 Å². The second-order valence-electron chi connectivity index (χ2n) is 4.77. The van der Waals surface area contributed by atoms with Gasteiger partial charge in [-0.1, -0.05) is 13.8 Å². The molecule has 0 radical (unpaired) electrons. The number of carbonyl (C=O) groups excluding carboxylic acids is 2. The lowest BCUT2D eigenvalue weighted by Gasteiger charge is -2.35. The van der Waals surface area contributed by atoms with E-state index in [-0.39, 0.29) is 17.6 Å². The number of rotatable bonds is 4.